The first-order chi connectivity index (χ1) is 9.21. The van der Waals surface area contributed by atoms with Gasteiger partial charge in [-0.2, -0.15) is 0 Å². The van der Waals surface area contributed by atoms with Gasteiger partial charge in [0.05, 0.1) is 0 Å². The lowest BCUT2D eigenvalue weighted by Crippen LogP contribution is -2.55. The Morgan fingerprint density at radius 2 is 1.70 bits per heavy atom. The van der Waals surface area contributed by atoms with Crippen LogP contribution in [0, 0.1) is 6.92 Å². The molecule has 0 saturated carbocycles. The summed E-state index contributed by atoms with van der Waals surface area (Å²) in [5.74, 6) is -1.03. The lowest BCUT2D eigenvalue weighted by atomic mass is 10.0. The van der Waals surface area contributed by atoms with Crippen molar-refractivity contribution in [2.75, 3.05) is 18.5 Å². The quantitative estimate of drug-likeness (QED) is 0.921. The Hall–Kier alpha value is -2.04. The van der Waals surface area contributed by atoms with Gasteiger partial charge in [-0.05, 0) is 39.8 Å². The Bertz CT molecular complexity index is 494. The highest BCUT2D eigenvalue weighted by atomic mass is 16.4. The number of rotatable bonds is 4. The number of benzene rings is 1. The van der Waals surface area contributed by atoms with E-state index in [-0.39, 0.29) is 6.03 Å². The van der Waals surface area contributed by atoms with E-state index in [4.69, 9.17) is 0 Å². The standard InChI is InChI=1S/C15H22N2O3/c1-6-17(12-9-7-11(2)8-10-12)14(20)16(5)15(3,4)13(18)19/h7-10H,6H2,1-5H3,(H,18,19). The van der Waals surface area contributed by atoms with E-state index in [0.29, 0.717) is 6.54 Å². The zero-order valence-corrected chi connectivity index (χ0v) is 12.7. The van der Waals surface area contributed by atoms with Crippen LogP contribution in [0.2, 0.25) is 0 Å². The normalized spacial score (nSPS) is 11.1. The Labute approximate surface area is 119 Å². The Morgan fingerprint density at radius 1 is 1.20 bits per heavy atom. The summed E-state index contributed by atoms with van der Waals surface area (Å²) < 4.78 is 0. The van der Waals surface area contributed by atoms with Gasteiger partial charge in [-0.15, -0.1) is 0 Å². The van der Waals surface area contributed by atoms with Gasteiger partial charge in [0.2, 0.25) is 0 Å². The number of carbonyl (C=O) groups is 2. The molecule has 0 unspecified atom stereocenters. The molecule has 1 rings (SSSR count). The maximum absolute atomic E-state index is 12.5. The van der Waals surface area contributed by atoms with E-state index in [1.165, 1.54) is 25.8 Å². The van der Waals surface area contributed by atoms with E-state index in [9.17, 15) is 14.7 Å². The molecule has 110 valence electrons. The summed E-state index contributed by atoms with van der Waals surface area (Å²) in [5.41, 5.74) is 0.613. The number of likely N-dealkylation sites (N-methyl/N-ethyl adjacent to an activating group) is 1. The fraction of sp³-hybridized carbons (Fsp3) is 0.467. The number of hydrogen-bond acceptors (Lipinski definition) is 2. The van der Waals surface area contributed by atoms with Crippen LogP contribution < -0.4 is 4.90 Å². The molecule has 0 atom stereocenters. The molecule has 0 aromatic heterocycles. The molecule has 1 aromatic carbocycles. The van der Waals surface area contributed by atoms with Gasteiger partial charge in [0.25, 0.3) is 0 Å². The fourth-order valence-corrected chi connectivity index (χ4v) is 1.72. The SMILES string of the molecule is CCN(C(=O)N(C)C(C)(C)C(=O)O)c1ccc(C)cc1. The molecular weight excluding hydrogens is 256 g/mol. The third-order valence-electron chi connectivity index (χ3n) is 3.54. The van der Waals surface area contributed by atoms with E-state index in [1.54, 1.807) is 4.90 Å². The molecule has 5 nitrogen and oxygen atoms in total. The predicted molar refractivity (Wildman–Crippen MR) is 79.1 cm³/mol. The van der Waals surface area contributed by atoms with Gasteiger partial charge in [0.1, 0.15) is 5.54 Å². The summed E-state index contributed by atoms with van der Waals surface area (Å²) in [6.07, 6.45) is 0. The number of carboxylic acids is 1. The summed E-state index contributed by atoms with van der Waals surface area (Å²) >= 11 is 0. The Kier molecular flexibility index (Phi) is 4.76. The molecule has 0 aliphatic carbocycles. The molecule has 0 radical (unpaired) electrons. The van der Waals surface area contributed by atoms with Gasteiger partial charge in [0, 0.05) is 19.3 Å². The van der Waals surface area contributed by atoms with Crippen molar-refractivity contribution in [2.24, 2.45) is 0 Å². The molecular formula is C15H22N2O3. The van der Waals surface area contributed by atoms with Crippen molar-refractivity contribution < 1.29 is 14.7 Å². The lowest BCUT2D eigenvalue weighted by molar-refractivity contribution is -0.146. The second kappa shape index (κ2) is 5.94. The van der Waals surface area contributed by atoms with Crippen LogP contribution in [0.1, 0.15) is 26.3 Å². The summed E-state index contributed by atoms with van der Waals surface area (Å²) in [6, 6.07) is 7.24. The van der Waals surface area contributed by atoms with Crippen molar-refractivity contribution in [1.82, 2.24) is 4.90 Å². The minimum absolute atomic E-state index is 0.330. The van der Waals surface area contributed by atoms with Crippen LogP contribution in [-0.2, 0) is 4.79 Å². The number of hydrogen-bond donors (Lipinski definition) is 1. The molecule has 20 heavy (non-hydrogen) atoms. The second-order valence-corrected chi connectivity index (χ2v) is 5.29. The summed E-state index contributed by atoms with van der Waals surface area (Å²) in [5, 5.41) is 9.21. The summed E-state index contributed by atoms with van der Waals surface area (Å²) in [4.78, 5) is 26.6. The molecule has 0 heterocycles. The third-order valence-corrected chi connectivity index (χ3v) is 3.54. The number of aliphatic carboxylic acids is 1. The van der Waals surface area contributed by atoms with E-state index in [0.717, 1.165) is 11.3 Å². The monoisotopic (exact) mass is 278 g/mol. The number of carboxylic acid groups (broad SMARTS) is 1. The highest BCUT2D eigenvalue weighted by Crippen LogP contribution is 2.20. The maximum Gasteiger partial charge on any atom is 0.329 e. The van der Waals surface area contributed by atoms with E-state index in [1.807, 2.05) is 38.1 Å². The van der Waals surface area contributed by atoms with Crippen LogP contribution in [0.5, 0.6) is 0 Å². The van der Waals surface area contributed by atoms with Crippen LogP contribution in [0.3, 0.4) is 0 Å². The molecule has 0 bridgehead atoms. The highest BCUT2D eigenvalue weighted by Gasteiger charge is 2.37. The topological polar surface area (TPSA) is 60.9 Å². The third kappa shape index (κ3) is 3.10. The van der Waals surface area contributed by atoms with Crippen LogP contribution in [-0.4, -0.2) is 41.1 Å². The summed E-state index contributed by atoms with van der Waals surface area (Å²) in [7, 11) is 1.51. The van der Waals surface area contributed by atoms with E-state index < -0.39 is 11.5 Å². The zero-order chi connectivity index (χ0) is 15.5. The van der Waals surface area contributed by atoms with Crippen molar-refractivity contribution in [3.05, 3.63) is 29.8 Å². The number of nitrogens with zero attached hydrogens (tertiary/aromatic N) is 2. The van der Waals surface area contributed by atoms with Gasteiger partial charge in [-0.3, -0.25) is 4.90 Å². The molecule has 0 aliphatic heterocycles. The van der Waals surface area contributed by atoms with Crippen molar-refractivity contribution in [3.8, 4) is 0 Å². The van der Waals surface area contributed by atoms with E-state index in [2.05, 4.69) is 0 Å². The summed E-state index contributed by atoms with van der Waals surface area (Å²) in [6.45, 7) is 7.33. The largest absolute Gasteiger partial charge is 0.480 e. The van der Waals surface area contributed by atoms with Gasteiger partial charge in [-0.25, -0.2) is 9.59 Å². The van der Waals surface area contributed by atoms with Gasteiger partial charge in [0.15, 0.2) is 0 Å². The predicted octanol–water partition coefficient (Wildman–Crippen LogP) is 2.74. The van der Waals surface area contributed by atoms with E-state index >= 15 is 0 Å². The molecule has 0 spiro atoms. The minimum atomic E-state index is -1.25. The first kappa shape index (κ1) is 16.0. The van der Waals surface area contributed by atoms with Gasteiger partial charge >= 0.3 is 12.0 Å². The highest BCUT2D eigenvalue weighted by molar-refractivity contribution is 5.95. The van der Waals surface area contributed by atoms with Gasteiger partial charge < -0.3 is 10.0 Å². The number of aryl methyl sites for hydroxylation is 1. The average molecular weight is 278 g/mol. The molecule has 5 heteroatoms. The molecule has 1 N–H and O–H groups in total. The van der Waals surface area contributed by atoms with Gasteiger partial charge in [-0.1, -0.05) is 17.7 Å². The zero-order valence-electron chi connectivity index (χ0n) is 12.7. The lowest BCUT2D eigenvalue weighted by Gasteiger charge is -2.35. The molecule has 0 saturated heterocycles. The Morgan fingerprint density at radius 3 is 2.10 bits per heavy atom. The minimum Gasteiger partial charge on any atom is -0.480 e. The molecule has 1 aromatic rings. The van der Waals surface area contributed by atoms with Crippen LogP contribution in [0.15, 0.2) is 24.3 Å². The first-order valence-corrected chi connectivity index (χ1v) is 6.57. The molecule has 2 amide bonds. The molecule has 0 aliphatic rings. The number of urea groups is 1. The fourth-order valence-electron chi connectivity index (χ4n) is 1.72. The smallest absolute Gasteiger partial charge is 0.329 e. The van der Waals surface area contributed by atoms with Crippen molar-refractivity contribution in [3.63, 3.8) is 0 Å². The Balaban J connectivity index is 3.04. The number of anilines is 1. The number of amides is 2. The van der Waals surface area contributed by atoms with Crippen LogP contribution in [0.4, 0.5) is 10.5 Å². The second-order valence-electron chi connectivity index (χ2n) is 5.29. The van der Waals surface area contributed by atoms with Crippen molar-refractivity contribution >= 4 is 17.7 Å². The van der Waals surface area contributed by atoms with Crippen LogP contribution in [0.25, 0.3) is 0 Å². The average Bonchev–Trinajstić information content (AvgIpc) is 2.40. The van der Waals surface area contributed by atoms with Crippen molar-refractivity contribution in [1.29, 1.82) is 0 Å². The maximum atomic E-state index is 12.5. The van der Waals surface area contributed by atoms with Crippen molar-refractivity contribution in [2.45, 2.75) is 33.2 Å². The first-order valence-electron chi connectivity index (χ1n) is 6.57. The number of carbonyl (C=O) groups excluding carboxylic acids is 1. The molecule has 0 fully saturated rings. The van der Waals surface area contributed by atoms with Crippen LogP contribution >= 0.6 is 0 Å².